The lowest BCUT2D eigenvalue weighted by atomic mass is 9.96. The van der Waals surface area contributed by atoms with Gasteiger partial charge in [-0.2, -0.15) is 5.26 Å². The van der Waals surface area contributed by atoms with Crippen LogP contribution in [0.2, 0.25) is 0 Å². The number of pyridine rings is 1. The molecule has 3 rings (SSSR count). The van der Waals surface area contributed by atoms with Crippen molar-refractivity contribution >= 4 is 11.7 Å². The summed E-state index contributed by atoms with van der Waals surface area (Å²) in [6.07, 6.45) is 3.18. The number of hydrogen-bond donors (Lipinski definition) is 1. The van der Waals surface area contributed by atoms with E-state index in [4.69, 9.17) is 10.00 Å². The van der Waals surface area contributed by atoms with E-state index in [1.165, 1.54) is 5.56 Å². The summed E-state index contributed by atoms with van der Waals surface area (Å²) in [7, 11) is 0. The molecule has 0 bridgehead atoms. The number of hydrogen-bond acceptors (Lipinski definition) is 5. The maximum atomic E-state index is 12.3. The van der Waals surface area contributed by atoms with E-state index in [0.29, 0.717) is 18.7 Å². The first-order valence-electron chi connectivity index (χ1n) is 9.24. The first-order chi connectivity index (χ1) is 13.2. The molecular weight excluding hydrogens is 340 g/mol. The van der Waals surface area contributed by atoms with Crippen LogP contribution in [0.1, 0.15) is 24.0 Å². The van der Waals surface area contributed by atoms with E-state index in [9.17, 15) is 4.79 Å². The molecule has 0 radical (unpaired) electrons. The maximum absolute atomic E-state index is 12.3. The van der Waals surface area contributed by atoms with Gasteiger partial charge in [-0.3, -0.25) is 4.79 Å². The van der Waals surface area contributed by atoms with Crippen LogP contribution in [-0.2, 0) is 4.79 Å². The summed E-state index contributed by atoms with van der Waals surface area (Å²) in [6, 6.07) is 13.6. The molecule has 1 aromatic heterocycles. The number of anilines is 1. The molecule has 1 aliphatic heterocycles. The van der Waals surface area contributed by atoms with E-state index in [1.54, 1.807) is 12.3 Å². The first-order valence-corrected chi connectivity index (χ1v) is 9.24. The second-order valence-corrected chi connectivity index (χ2v) is 6.73. The molecule has 1 saturated heterocycles. The summed E-state index contributed by atoms with van der Waals surface area (Å²) in [6.45, 7) is 4.58. The van der Waals surface area contributed by atoms with Crippen LogP contribution in [0.5, 0.6) is 5.75 Å². The van der Waals surface area contributed by atoms with E-state index in [1.807, 2.05) is 37.3 Å². The van der Waals surface area contributed by atoms with Crippen molar-refractivity contribution in [3.05, 3.63) is 53.7 Å². The molecule has 2 aromatic rings. The highest BCUT2D eigenvalue weighted by atomic mass is 16.5. The van der Waals surface area contributed by atoms with Crippen LogP contribution in [0.25, 0.3) is 0 Å². The van der Waals surface area contributed by atoms with Gasteiger partial charge >= 0.3 is 0 Å². The molecule has 0 atom stereocenters. The Morgan fingerprint density at radius 2 is 2.00 bits per heavy atom. The molecule has 0 aliphatic carbocycles. The number of carbonyl (C=O) groups excluding carboxylic acids is 1. The molecule has 1 fully saturated rings. The lowest BCUT2D eigenvalue weighted by Crippen LogP contribution is -2.41. The summed E-state index contributed by atoms with van der Waals surface area (Å²) < 4.78 is 5.64. The molecule has 2 heterocycles. The van der Waals surface area contributed by atoms with Gasteiger partial charge in [0.05, 0.1) is 12.1 Å². The van der Waals surface area contributed by atoms with Crippen LogP contribution < -0.4 is 15.0 Å². The highest BCUT2D eigenvalue weighted by Gasteiger charge is 2.25. The molecule has 140 valence electrons. The number of amides is 1. The van der Waals surface area contributed by atoms with E-state index >= 15 is 0 Å². The fourth-order valence-corrected chi connectivity index (χ4v) is 3.13. The van der Waals surface area contributed by atoms with Crippen LogP contribution in [0.4, 0.5) is 5.82 Å². The van der Waals surface area contributed by atoms with Gasteiger partial charge in [0.1, 0.15) is 24.2 Å². The number of piperidine rings is 1. The quantitative estimate of drug-likeness (QED) is 0.798. The van der Waals surface area contributed by atoms with Gasteiger partial charge in [-0.1, -0.05) is 17.7 Å². The van der Waals surface area contributed by atoms with Crippen molar-refractivity contribution in [2.24, 2.45) is 5.92 Å². The number of nitrogens with one attached hydrogen (secondary N) is 1. The summed E-state index contributed by atoms with van der Waals surface area (Å²) in [5, 5.41) is 11.8. The van der Waals surface area contributed by atoms with Crippen LogP contribution >= 0.6 is 0 Å². The molecule has 6 heteroatoms. The monoisotopic (exact) mass is 364 g/mol. The van der Waals surface area contributed by atoms with Gasteiger partial charge in [0, 0.05) is 25.2 Å². The number of carbonyl (C=O) groups is 1. The van der Waals surface area contributed by atoms with Crippen molar-refractivity contribution in [2.45, 2.75) is 19.8 Å². The normalized spacial score (nSPS) is 14.4. The predicted octanol–water partition coefficient (Wildman–Crippen LogP) is 2.67. The van der Waals surface area contributed by atoms with Gasteiger partial charge in [-0.05, 0) is 44.0 Å². The van der Waals surface area contributed by atoms with Gasteiger partial charge in [-0.25, -0.2) is 4.98 Å². The average Bonchev–Trinajstić information content (AvgIpc) is 2.72. The fourth-order valence-electron chi connectivity index (χ4n) is 3.13. The SMILES string of the molecule is Cc1ccc(OCCNC(=O)C2CCN(c3ccc(C#N)cn3)CC2)cc1. The largest absolute Gasteiger partial charge is 0.492 e. The number of nitriles is 1. The molecule has 1 aromatic carbocycles. The minimum absolute atomic E-state index is 0.0269. The number of benzene rings is 1. The number of aromatic nitrogens is 1. The lowest BCUT2D eigenvalue weighted by Gasteiger charge is -2.32. The van der Waals surface area contributed by atoms with Crippen molar-refractivity contribution in [3.8, 4) is 11.8 Å². The van der Waals surface area contributed by atoms with Gasteiger partial charge < -0.3 is 15.0 Å². The first kappa shape index (κ1) is 18.7. The van der Waals surface area contributed by atoms with Crippen molar-refractivity contribution < 1.29 is 9.53 Å². The lowest BCUT2D eigenvalue weighted by molar-refractivity contribution is -0.125. The number of nitrogens with zero attached hydrogens (tertiary/aromatic N) is 3. The van der Waals surface area contributed by atoms with Gasteiger partial charge in [-0.15, -0.1) is 0 Å². The Balaban J connectivity index is 1.38. The standard InChI is InChI=1S/C21H24N4O2/c1-16-2-5-19(6-3-16)27-13-10-23-21(26)18-8-11-25(12-9-18)20-7-4-17(14-22)15-24-20/h2-7,15,18H,8-13H2,1H3,(H,23,26). The predicted molar refractivity (Wildman–Crippen MR) is 104 cm³/mol. The topological polar surface area (TPSA) is 78.2 Å². The Bertz CT molecular complexity index is 788. The minimum atomic E-state index is 0.0269. The highest BCUT2D eigenvalue weighted by Crippen LogP contribution is 2.22. The highest BCUT2D eigenvalue weighted by molar-refractivity contribution is 5.78. The third-order valence-corrected chi connectivity index (χ3v) is 4.76. The molecule has 1 amide bonds. The van der Waals surface area contributed by atoms with Gasteiger partial charge in [0.2, 0.25) is 5.91 Å². The van der Waals surface area contributed by atoms with E-state index in [2.05, 4.69) is 21.3 Å². The van der Waals surface area contributed by atoms with Gasteiger partial charge in [0.25, 0.3) is 0 Å². The zero-order valence-corrected chi connectivity index (χ0v) is 15.5. The van der Waals surface area contributed by atoms with Crippen LogP contribution in [0, 0.1) is 24.2 Å². The second-order valence-electron chi connectivity index (χ2n) is 6.73. The second kappa shape index (κ2) is 9.04. The van der Waals surface area contributed by atoms with Crippen LogP contribution in [0.3, 0.4) is 0 Å². The Morgan fingerprint density at radius 3 is 2.63 bits per heavy atom. The zero-order chi connectivity index (χ0) is 19.1. The van der Waals surface area contributed by atoms with Crippen molar-refractivity contribution in [3.63, 3.8) is 0 Å². The summed E-state index contributed by atoms with van der Waals surface area (Å²) in [5.41, 5.74) is 1.75. The zero-order valence-electron chi connectivity index (χ0n) is 15.5. The maximum Gasteiger partial charge on any atom is 0.223 e. The summed E-state index contributed by atoms with van der Waals surface area (Å²) >= 11 is 0. The van der Waals surface area contributed by atoms with E-state index in [0.717, 1.165) is 37.5 Å². The molecular formula is C21H24N4O2. The smallest absolute Gasteiger partial charge is 0.223 e. The molecule has 0 spiro atoms. The van der Waals surface area contributed by atoms with Crippen molar-refractivity contribution in [1.82, 2.24) is 10.3 Å². The average molecular weight is 364 g/mol. The fraction of sp³-hybridized carbons (Fsp3) is 0.381. The Morgan fingerprint density at radius 1 is 1.26 bits per heavy atom. The van der Waals surface area contributed by atoms with Crippen LogP contribution in [0.15, 0.2) is 42.6 Å². The van der Waals surface area contributed by atoms with Crippen molar-refractivity contribution in [1.29, 1.82) is 5.26 Å². The number of ether oxygens (including phenoxy) is 1. The molecule has 6 nitrogen and oxygen atoms in total. The van der Waals surface area contributed by atoms with Gasteiger partial charge in [0.15, 0.2) is 0 Å². The summed E-state index contributed by atoms with van der Waals surface area (Å²) in [4.78, 5) is 18.8. The molecule has 0 unspecified atom stereocenters. The van der Waals surface area contributed by atoms with E-state index < -0.39 is 0 Å². The third-order valence-electron chi connectivity index (χ3n) is 4.76. The number of rotatable bonds is 6. The molecule has 27 heavy (non-hydrogen) atoms. The van der Waals surface area contributed by atoms with Crippen LogP contribution in [-0.4, -0.2) is 37.1 Å². The Labute approximate surface area is 159 Å². The van der Waals surface area contributed by atoms with E-state index in [-0.39, 0.29) is 11.8 Å². The molecule has 0 saturated carbocycles. The summed E-state index contributed by atoms with van der Waals surface area (Å²) in [5.74, 6) is 1.80. The van der Waals surface area contributed by atoms with Crippen molar-refractivity contribution in [2.75, 3.05) is 31.1 Å². The Hall–Kier alpha value is -3.07. The molecule has 1 N–H and O–H groups in total. The minimum Gasteiger partial charge on any atom is -0.492 e. The number of aryl methyl sites for hydroxylation is 1. The molecule has 1 aliphatic rings. The third kappa shape index (κ3) is 5.20. The Kier molecular flexibility index (Phi) is 6.26.